The van der Waals surface area contributed by atoms with Crippen molar-refractivity contribution in [2.24, 2.45) is 0 Å². The highest BCUT2D eigenvalue weighted by atomic mass is 19.1. The van der Waals surface area contributed by atoms with Crippen LogP contribution in [0.5, 0.6) is 5.75 Å². The molecule has 2 aromatic carbocycles. The van der Waals surface area contributed by atoms with Gasteiger partial charge in [0.15, 0.2) is 0 Å². The molecule has 3 N–H and O–H groups in total. The lowest BCUT2D eigenvalue weighted by atomic mass is 10.0. The molecule has 0 unspecified atom stereocenters. The predicted molar refractivity (Wildman–Crippen MR) is 99.9 cm³/mol. The van der Waals surface area contributed by atoms with Gasteiger partial charge in [-0.25, -0.2) is 4.39 Å². The van der Waals surface area contributed by atoms with Gasteiger partial charge in [-0.15, -0.1) is 0 Å². The Kier molecular flexibility index (Phi) is 7.89. The molecule has 1 saturated heterocycles. The van der Waals surface area contributed by atoms with E-state index in [9.17, 15) is 19.4 Å². The van der Waals surface area contributed by atoms with Crippen molar-refractivity contribution in [3.05, 3.63) is 53.8 Å². The fraction of sp³-hybridized carbons (Fsp3) is 0.350. The molecule has 0 spiro atoms. The van der Waals surface area contributed by atoms with E-state index in [-0.39, 0.29) is 11.3 Å². The van der Waals surface area contributed by atoms with Crippen molar-refractivity contribution in [1.82, 2.24) is 4.90 Å². The molecule has 1 heterocycles. The highest BCUT2D eigenvalue weighted by Gasteiger charge is 2.24. The summed E-state index contributed by atoms with van der Waals surface area (Å²) < 4.78 is 23.6. The third-order valence-electron chi connectivity index (χ3n) is 3.98. The first-order valence-electron chi connectivity index (χ1n) is 8.73. The van der Waals surface area contributed by atoms with Gasteiger partial charge in [-0.05, 0) is 30.7 Å². The van der Waals surface area contributed by atoms with Crippen LogP contribution in [0, 0.1) is 12.7 Å². The van der Waals surface area contributed by atoms with Crippen LogP contribution in [0.15, 0.2) is 42.5 Å². The second-order valence-corrected chi connectivity index (χ2v) is 6.26. The van der Waals surface area contributed by atoms with Crippen LogP contribution in [0.4, 0.5) is 4.39 Å². The van der Waals surface area contributed by atoms with E-state index in [0.29, 0.717) is 18.8 Å². The average Bonchev–Trinajstić information content (AvgIpc) is 2.71. The van der Waals surface area contributed by atoms with Gasteiger partial charge in [0.1, 0.15) is 18.2 Å². The van der Waals surface area contributed by atoms with Crippen LogP contribution in [-0.2, 0) is 9.53 Å². The maximum absolute atomic E-state index is 13.8. The lowest BCUT2D eigenvalue weighted by molar-refractivity contribution is -0.307. The molecular formula is C20H24FNO6. The van der Waals surface area contributed by atoms with E-state index in [4.69, 9.17) is 14.6 Å². The number of aliphatic hydroxyl groups excluding tert-OH is 1. The van der Waals surface area contributed by atoms with Gasteiger partial charge in [-0.1, -0.05) is 29.8 Å². The lowest BCUT2D eigenvalue weighted by Gasteiger charge is -2.21. The number of halogens is 1. The molecule has 1 aliphatic heterocycles. The number of rotatable bonds is 5. The number of amides is 1. The first-order valence-corrected chi connectivity index (χ1v) is 8.73. The molecular weight excluding hydrogens is 369 g/mol. The fourth-order valence-corrected chi connectivity index (χ4v) is 2.43. The van der Waals surface area contributed by atoms with Gasteiger partial charge in [0.05, 0.1) is 13.2 Å². The van der Waals surface area contributed by atoms with E-state index < -0.39 is 18.4 Å². The SMILES string of the molecule is Cc1ccc(-c2cc(OC(O)(O)CO)ccc2F)cc1.O=CN1CCOCC1. The zero-order valence-corrected chi connectivity index (χ0v) is 15.5. The summed E-state index contributed by atoms with van der Waals surface area (Å²) in [6, 6.07) is 11.0. The number of carbonyl (C=O) groups is 1. The van der Waals surface area contributed by atoms with Crippen molar-refractivity contribution in [3.63, 3.8) is 0 Å². The molecule has 3 rings (SSSR count). The Bertz CT molecular complexity index is 760. The van der Waals surface area contributed by atoms with E-state index in [1.807, 2.05) is 19.1 Å². The second kappa shape index (κ2) is 10.1. The van der Waals surface area contributed by atoms with Crippen molar-refractivity contribution >= 4 is 6.41 Å². The van der Waals surface area contributed by atoms with E-state index in [0.717, 1.165) is 31.1 Å². The second-order valence-electron chi connectivity index (χ2n) is 6.26. The van der Waals surface area contributed by atoms with Gasteiger partial charge < -0.3 is 29.7 Å². The first kappa shape index (κ1) is 21.8. The highest BCUT2D eigenvalue weighted by molar-refractivity contribution is 5.66. The largest absolute Gasteiger partial charge is 0.438 e. The minimum Gasteiger partial charge on any atom is -0.438 e. The van der Waals surface area contributed by atoms with Gasteiger partial charge in [-0.2, -0.15) is 0 Å². The number of aliphatic hydroxyl groups is 3. The zero-order chi connectivity index (χ0) is 20.6. The number of aryl methyl sites for hydroxylation is 1. The molecule has 0 atom stereocenters. The zero-order valence-electron chi connectivity index (χ0n) is 15.5. The number of carbonyl (C=O) groups excluding carboxylic acids is 1. The van der Waals surface area contributed by atoms with Gasteiger partial charge in [0.2, 0.25) is 6.41 Å². The Labute approximate surface area is 162 Å². The summed E-state index contributed by atoms with van der Waals surface area (Å²) in [6.07, 6.45) is 0.864. The van der Waals surface area contributed by atoms with Crippen LogP contribution in [0.1, 0.15) is 5.56 Å². The molecule has 7 nitrogen and oxygen atoms in total. The summed E-state index contributed by atoms with van der Waals surface area (Å²) in [7, 11) is 0. The Hall–Kier alpha value is -2.52. The molecule has 0 radical (unpaired) electrons. The van der Waals surface area contributed by atoms with Crippen molar-refractivity contribution in [1.29, 1.82) is 0 Å². The van der Waals surface area contributed by atoms with E-state index in [2.05, 4.69) is 0 Å². The number of benzene rings is 2. The summed E-state index contributed by atoms with van der Waals surface area (Å²) in [5.74, 6) is -3.10. The van der Waals surface area contributed by atoms with Crippen LogP contribution >= 0.6 is 0 Å². The Balaban J connectivity index is 0.000000292. The molecule has 28 heavy (non-hydrogen) atoms. The predicted octanol–water partition coefficient (Wildman–Crippen LogP) is 1.29. The third-order valence-corrected chi connectivity index (χ3v) is 3.98. The topological polar surface area (TPSA) is 99.5 Å². The fourth-order valence-electron chi connectivity index (χ4n) is 2.43. The van der Waals surface area contributed by atoms with Gasteiger partial charge in [0, 0.05) is 18.7 Å². The van der Waals surface area contributed by atoms with Crippen LogP contribution in [-0.4, -0.2) is 65.5 Å². The number of morpholine rings is 1. The molecule has 1 amide bonds. The summed E-state index contributed by atoms with van der Waals surface area (Å²) in [5.41, 5.74) is 1.96. The lowest BCUT2D eigenvalue weighted by Crippen LogP contribution is -2.39. The molecule has 0 bridgehead atoms. The number of nitrogens with zero attached hydrogens (tertiary/aromatic N) is 1. The van der Waals surface area contributed by atoms with Crippen LogP contribution in [0.25, 0.3) is 11.1 Å². The summed E-state index contributed by atoms with van der Waals surface area (Å²) >= 11 is 0. The Morgan fingerprint density at radius 3 is 2.36 bits per heavy atom. The van der Waals surface area contributed by atoms with E-state index >= 15 is 0 Å². The molecule has 0 saturated carbocycles. The molecule has 1 fully saturated rings. The Morgan fingerprint density at radius 2 is 1.82 bits per heavy atom. The van der Waals surface area contributed by atoms with Crippen LogP contribution < -0.4 is 4.74 Å². The van der Waals surface area contributed by atoms with Crippen molar-refractivity contribution in [2.75, 3.05) is 32.9 Å². The molecule has 152 valence electrons. The Morgan fingerprint density at radius 1 is 1.18 bits per heavy atom. The van der Waals surface area contributed by atoms with Gasteiger partial charge in [-0.3, -0.25) is 4.79 Å². The molecule has 1 aliphatic rings. The van der Waals surface area contributed by atoms with E-state index in [1.165, 1.54) is 12.1 Å². The molecule has 0 aromatic heterocycles. The summed E-state index contributed by atoms with van der Waals surface area (Å²) in [4.78, 5) is 11.7. The normalized spacial score (nSPS) is 14.1. The number of hydrogen-bond donors (Lipinski definition) is 3. The van der Waals surface area contributed by atoms with Crippen molar-refractivity contribution in [2.45, 2.75) is 12.9 Å². The maximum Gasteiger partial charge on any atom is 0.346 e. The minimum atomic E-state index is -2.69. The van der Waals surface area contributed by atoms with E-state index in [1.54, 1.807) is 17.0 Å². The number of hydrogen-bond acceptors (Lipinski definition) is 6. The van der Waals surface area contributed by atoms with Crippen molar-refractivity contribution < 1.29 is 34.0 Å². The quantitative estimate of drug-likeness (QED) is 0.523. The average molecular weight is 393 g/mol. The number of ether oxygens (including phenoxy) is 2. The van der Waals surface area contributed by atoms with Crippen molar-refractivity contribution in [3.8, 4) is 16.9 Å². The molecule has 8 heteroatoms. The highest BCUT2D eigenvalue weighted by Crippen LogP contribution is 2.28. The van der Waals surface area contributed by atoms with Gasteiger partial charge in [0.25, 0.3) is 0 Å². The molecule has 0 aliphatic carbocycles. The molecule has 2 aromatic rings. The third kappa shape index (κ3) is 6.58. The first-order chi connectivity index (χ1) is 13.3. The summed E-state index contributed by atoms with van der Waals surface area (Å²) in [5, 5.41) is 27.2. The van der Waals surface area contributed by atoms with Gasteiger partial charge >= 0.3 is 5.97 Å². The smallest absolute Gasteiger partial charge is 0.346 e. The monoisotopic (exact) mass is 393 g/mol. The minimum absolute atomic E-state index is 0.0426. The standard InChI is InChI=1S/C15H15FO4.C5H9NO2/c1-10-2-4-11(5-3-10)13-8-12(6-7-14(13)16)20-15(18,19)9-17;7-5-6-1-3-8-4-2-6/h2-8,17-19H,9H2,1H3;5H,1-4H2. The maximum atomic E-state index is 13.8. The summed E-state index contributed by atoms with van der Waals surface area (Å²) in [6.45, 7) is 3.82. The van der Waals surface area contributed by atoms with Crippen LogP contribution in [0.2, 0.25) is 0 Å². The van der Waals surface area contributed by atoms with Crippen LogP contribution in [0.3, 0.4) is 0 Å².